The first-order valence-corrected chi connectivity index (χ1v) is 5.77. The summed E-state index contributed by atoms with van der Waals surface area (Å²) in [6.07, 6.45) is 0. The fourth-order valence-corrected chi connectivity index (χ4v) is 1.74. The van der Waals surface area contributed by atoms with Crippen molar-refractivity contribution in [1.29, 1.82) is 0 Å². The monoisotopic (exact) mass is 224 g/mol. The van der Waals surface area contributed by atoms with Crippen molar-refractivity contribution >= 4 is 5.69 Å². The van der Waals surface area contributed by atoms with E-state index in [1.54, 1.807) is 0 Å². The maximum Gasteiger partial charge on any atom is 0.102 e. The van der Waals surface area contributed by atoms with E-state index in [-0.39, 0.29) is 6.67 Å². The van der Waals surface area contributed by atoms with Gasteiger partial charge in [-0.2, -0.15) is 0 Å². The van der Waals surface area contributed by atoms with Crippen molar-refractivity contribution < 1.29 is 4.39 Å². The van der Waals surface area contributed by atoms with Crippen molar-refractivity contribution in [1.82, 2.24) is 5.32 Å². The molecule has 90 valence electrons. The van der Waals surface area contributed by atoms with Gasteiger partial charge in [-0.05, 0) is 31.0 Å². The summed E-state index contributed by atoms with van der Waals surface area (Å²) in [6.45, 7) is 6.09. The number of halogens is 1. The maximum atomic E-state index is 12.0. The van der Waals surface area contributed by atoms with E-state index < -0.39 is 0 Å². The molecule has 0 aliphatic rings. The van der Waals surface area contributed by atoms with Gasteiger partial charge < -0.3 is 10.2 Å². The van der Waals surface area contributed by atoms with Crippen molar-refractivity contribution in [2.45, 2.75) is 20.4 Å². The van der Waals surface area contributed by atoms with Crippen LogP contribution in [0.2, 0.25) is 0 Å². The van der Waals surface area contributed by atoms with Crippen LogP contribution in [0.15, 0.2) is 18.2 Å². The van der Waals surface area contributed by atoms with Crippen LogP contribution in [-0.2, 0) is 6.54 Å². The SMILES string of the molecule is CCN(C)c1cccc(CNCCF)c1C. The molecule has 0 amide bonds. The minimum atomic E-state index is -0.312. The highest BCUT2D eigenvalue weighted by atomic mass is 19.1. The van der Waals surface area contributed by atoms with Gasteiger partial charge in [-0.25, -0.2) is 4.39 Å². The lowest BCUT2D eigenvalue weighted by atomic mass is 10.1. The molecule has 0 fully saturated rings. The van der Waals surface area contributed by atoms with E-state index >= 15 is 0 Å². The third kappa shape index (κ3) is 3.20. The predicted octanol–water partition coefficient (Wildman–Crippen LogP) is 2.51. The number of anilines is 1. The number of benzene rings is 1. The molecule has 1 aromatic carbocycles. The lowest BCUT2D eigenvalue weighted by Gasteiger charge is -2.21. The molecule has 0 aliphatic carbocycles. The highest BCUT2D eigenvalue weighted by molar-refractivity contribution is 5.55. The summed E-state index contributed by atoms with van der Waals surface area (Å²) >= 11 is 0. The Hall–Kier alpha value is -1.09. The zero-order chi connectivity index (χ0) is 12.0. The van der Waals surface area contributed by atoms with Crippen LogP contribution in [0.5, 0.6) is 0 Å². The average Bonchev–Trinajstić information content (AvgIpc) is 2.30. The van der Waals surface area contributed by atoms with Crippen LogP contribution in [0.1, 0.15) is 18.1 Å². The molecule has 0 aromatic heterocycles. The molecule has 0 radical (unpaired) electrons. The summed E-state index contributed by atoms with van der Waals surface area (Å²) in [7, 11) is 2.08. The molecule has 0 bridgehead atoms. The van der Waals surface area contributed by atoms with Gasteiger partial charge in [-0.3, -0.25) is 0 Å². The first kappa shape index (κ1) is 13.0. The van der Waals surface area contributed by atoms with Crippen molar-refractivity contribution in [2.24, 2.45) is 0 Å². The van der Waals surface area contributed by atoms with Gasteiger partial charge in [-0.15, -0.1) is 0 Å². The second kappa shape index (κ2) is 6.48. The Labute approximate surface area is 97.5 Å². The quantitative estimate of drug-likeness (QED) is 0.747. The van der Waals surface area contributed by atoms with Gasteiger partial charge in [-0.1, -0.05) is 12.1 Å². The summed E-state index contributed by atoms with van der Waals surface area (Å²) < 4.78 is 12.0. The van der Waals surface area contributed by atoms with Crippen LogP contribution in [0.25, 0.3) is 0 Å². The summed E-state index contributed by atoms with van der Waals surface area (Å²) in [6, 6.07) is 6.27. The van der Waals surface area contributed by atoms with Gasteiger partial charge in [0.05, 0.1) is 0 Å². The minimum Gasteiger partial charge on any atom is -0.375 e. The fraction of sp³-hybridized carbons (Fsp3) is 0.538. The van der Waals surface area contributed by atoms with Crippen molar-refractivity contribution in [3.05, 3.63) is 29.3 Å². The number of rotatable bonds is 6. The lowest BCUT2D eigenvalue weighted by molar-refractivity contribution is 0.466. The molecule has 1 rings (SSSR count). The molecular weight excluding hydrogens is 203 g/mol. The molecular formula is C13H21FN2. The number of hydrogen-bond acceptors (Lipinski definition) is 2. The van der Waals surface area contributed by atoms with E-state index in [0.29, 0.717) is 6.54 Å². The topological polar surface area (TPSA) is 15.3 Å². The molecule has 0 unspecified atom stereocenters. The standard InChI is InChI=1S/C13H21FN2/c1-4-16(3)13-7-5-6-12(11(13)2)10-15-9-8-14/h5-7,15H,4,8-10H2,1-3H3. The highest BCUT2D eigenvalue weighted by Crippen LogP contribution is 2.21. The molecule has 0 heterocycles. The Kier molecular flexibility index (Phi) is 5.26. The van der Waals surface area contributed by atoms with Crippen molar-refractivity contribution in [2.75, 3.05) is 31.7 Å². The van der Waals surface area contributed by atoms with E-state index in [4.69, 9.17) is 0 Å². The van der Waals surface area contributed by atoms with Gasteiger partial charge >= 0.3 is 0 Å². The Balaban J connectivity index is 2.78. The zero-order valence-corrected chi connectivity index (χ0v) is 10.4. The van der Waals surface area contributed by atoms with Gasteiger partial charge in [0.15, 0.2) is 0 Å². The van der Waals surface area contributed by atoms with Crippen LogP contribution in [0.4, 0.5) is 10.1 Å². The first-order chi connectivity index (χ1) is 7.70. The Morgan fingerprint density at radius 2 is 2.12 bits per heavy atom. The smallest absolute Gasteiger partial charge is 0.102 e. The van der Waals surface area contributed by atoms with E-state index in [1.807, 2.05) is 0 Å². The van der Waals surface area contributed by atoms with E-state index in [9.17, 15) is 4.39 Å². The largest absolute Gasteiger partial charge is 0.375 e. The molecule has 0 spiro atoms. The van der Waals surface area contributed by atoms with Crippen molar-refractivity contribution in [3.63, 3.8) is 0 Å². The average molecular weight is 224 g/mol. The molecule has 16 heavy (non-hydrogen) atoms. The van der Waals surface area contributed by atoms with Crippen molar-refractivity contribution in [3.8, 4) is 0 Å². The summed E-state index contributed by atoms with van der Waals surface area (Å²) in [4.78, 5) is 2.22. The fourth-order valence-electron chi connectivity index (χ4n) is 1.74. The highest BCUT2D eigenvalue weighted by Gasteiger charge is 2.06. The molecule has 0 saturated heterocycles. The summed E-state index contributed by atoms with van der Waals surface area (Å²) in [5, 5.41) is 3.08. The van der Waals surface area contributed by atoms with E-state index in [1.165, 1.54) is 16.8 Å². The minimum absolute atomic E-state index is 0.312. The van der Waals surface area contributed by atoms with Gasteiger partial charge in [0, 0.05) is 32.4 Å². The second-order valence-corrected chi connectivity index (χ2v) is 3.94. The Bertz CT molecular complexity index is 326. The van der Waals surface area contributed by atoms with Crippen LogP contribution in [0.3, 0.4) is 0 Å². The number of hydrogen-bond donors (Lipinski definition) is 1. The number of alkyl halides is 1. The molecule has 2 nitrogen and oxygen atoms in total. The summed E-state index contributed by atoms with van der Waals surface area (Å²) in [5.41, 5.74) is 3.77. The van der Waals surface area contributed by atoms with E-state index in [0.717, 1.165) is 13.1 Å². The molecule has 1 N–H and O–H groups in total. The maximum absolute atomic E-state index is 12.0. The third-order valence-corrected chi connectivity index (χ3v) is 2.89. The zero-order valence-electron chi connectivity index (χ0n) is 10.4. The van der Waals surface area contributed by atoms with E-state index in [2.05, 4.69) is 49.3 Å². The van der Waals surface area contributed by atoms with Crippen LogP contribution in [-0.4, -0.2) is 26.8 Å². The third-order valence-electron chi connectivity index (χ3n) is 2.89. The molecule has 3 heteroatoms. The lowest BCUT2D eigenvalue weighted by Crippen LogP contribution is -2.20. The molecule has 0 atom stereocenters. The Morgan fingerprint density at radius 1 is 1.38 bits per heavy atom. The van der Waals surface area contributed by atoms with Gasteiger partial charge in [0.2, 0.25) is 0 Å². The molecule has 0 saturated carbocycles. The first-order valence-electron chi connectivity index (χ1n) is 5.77. The second-order valence-electron chi connectivity index (χ2n) is 3.94. The molecule has 1 aromatic rings. The van der Waals surface area contributed by atoms with Crippen LogP contribution < -0.4 is 10.2 Å². The van der Waals surface area contributed by atoms with Crippen LogP contribution >= 0.6 is 0 Å². The number of nitrogens with one attached hydrogen (secondary N) is 1. The predicted molar refractivity (Wildman–Crippen MR) is 67.8 cm³/mol. The van der Waals surface area contributed by atoms with Crippen LogP contribution in [0, 0.1) is 6.92 Å². The molecule has 0 aliphatic heterocycles. The number of nitrogens with zero attached hydrogens (tertiary/aromatic N) is 1. The van der Waals surface area contributed by atoms with Gasteiger partial charge in [0.25, 0.3) is 0 Å². The van der Waals surface area contributed by atoms with Gasteiger partial charge in [0.1, 0.15) is 6.67 Å². The normalized spacial score (nSPS) is 10.5. The summed E-state index contributed by atoms with van der Waals surface area (Å²) in [5.74, 6) is 0. The Morgan fingerprint density at radius 3 is 2.75 bits per heavy atom.